The molecule has 18 heavy (non-hydrogen) atoms. The Morgan fingerprint density at radius 3 is 2.11 bits per heavy atom. The van der Waals surface area contributed by atoms with Crippen LogP contribution in [0.1, 0.15) is 28.3 Å². The van der Waals surface area contributed by atoms with Crippen LogP contribution in [0.3, 0.4) is 0 Å². The van der Waals surface area contributed by atoms with Gasteiger partial charge in [-0.3, -0.25) is 0 Å². The predicted molar refractivity (Wildman–Crippen MR) is 82.4 cm³/mol. The lowest BCUT2D eigenvalue weighted by molar-refractivity contribution is 0.766. The van der Waals surface area contributed by atoms with Gasteiger partial charge in [0.2, 0.25) is 0 Å². The lowest BCUT2D eigenvalue weighted by Crippen LogP contribution is -1.98. The van der Waals surface area contributed by atoms with Crippen molar-refractivity contribution in [3.8, 4) is 0 Å². The summed E-state index contributed by atoms with van der Waals surface area (Å²) in [7, 11) is 0. The lowest BCUT2D eigenvalue weighted by Gasteiger charge is -2.16. The molecule has 2 aromatic rings. The summed E-state index contributed by atoms with van der Waals surface area (Å²) in [5.41, 5.74) is 2.19. The van der Waals surface area contributed by atoms with E-state index in [1.54, 1.807) is 0 Å². The summed E-state index contributed by atoms with van der Waals surface area (Å²) in [5, 5.41) is -0.163. The third-order valence-electron chi connectivity index (χ3n) is 2.82. The molecule has 2 atom stereocenters. The first kappa shape index (κ1) is 13.9. The SMILES string of the molecule is ClC(CC(Cl)c1ccccc1Br)c1ccccc1. The summed E-state index contributed by atoms with van der Waals surface area (Å²) < 4.78 is 1.03. The molecule has 2 aromatic carbocycles. The molecular weight excluding hydrogens is 331 g/mol. The fourth-order valence-corrected chi connectivity index (χ4v) is 3.31. The first-order valence-corrected chi connectivity index (χ1v) is 7.42. The molecule has 0 N–H and O–H groups in total. The van der Waals surface area contributed by atoms with Crippen LogP contribution >= 0.6 is 39.1 Å². The molecule has 0 aliphatic heterocycles. The molecule has 0 amide bonds. The highest BCUT2D eigenvalue weighted by molar-refractivity contribution is 9.10. The van der Waals surface area contributed by atoms with E-state index >= 15 is 0 Å². The summed E-state index contributed by atoms with van der Waals surface area (Å²) in [6, 6.07) is 18.0. The highest BCUT2D eigenvalue weighted by Gasteiger charge is 2.17. The van der Waals surface area contributed by atoms with Crippen LogP contribution in [0.5, 0.6) is 0 Å². The molecule has 0 heterocycles. The molecule has 0 aromatic heterocycles. The zero-order chi connectivity index (χ0) is 13.0. The van der Waals surface area contributed by atoms with Gasteiger partial charge in [-0.2, -0.15) is 0 Å². The molecule has 2 rings (SSSR count). The Kier molecular flexibility index (Phi) is 5.11. The van der Waals surface area contributed by atoms with Crippen LogP contribution in [-0.4, -0.2) is 0 Å². The van der Waals surface area contributed by atoms with Crippen LogP contribution in [0.15, 0.2) is 59.1 Å². The van der Waals surface area contributed by atoms with Gasteiger partial charge in [-0.25, -0.2) is 0 Å². The fraction of sp³-hybridized carbons (Fsp3) is 0.200. The van der Waals surface area contributed by atoms with Gasteiger partial charge in [0.1, 0.15) is 0 Å². The van der Waals surface area contributed by atoms with E-state index in [2.05, 4.69) is 15.9 Å². The smallest absolute Gasteiger partial charge is 0.0613 e. The zero-order valence-corrected chi connectivity index (χ0v) is 12.8. The molecule has 3 heteroatoms. The molecule has 0 bridgehead atoms. The molecule has 2 unspecified atom stereocenters. The van der Waals surface area contributed by atoms with E-state index in [1.807, 2.05) is 54.6 Å². The maximum Gasteiger partial charge on any atom is 0.0613 e. The fourth-order valence-electron chi connectivity index (χ4n) is 1.84. The molecule has 0 aliphatic carbocycles. The van der Waals surface area contributed by atoms with E-state index in [1.165, 1.54) is 0 Å². The second-order valence-electron chi connectivity index (χ2n) is 4.10. The molecule has 0 saturated carbocycles. The second kappa shape index (κ2) is 6.60. The van der Waals surface area contributed by atoms with Crippen LogP contribution in [0.25, 0.3) is 0 Å². The average Bonchev–Trinajstić information content (AvgIpc) is 2.40. The quantitative estimate of drug-likeness (QED) is 0.588. The monoisotopic (exact) mass is 342 g/mol. The van der Waals surface area contributed by atoms with Crippen molar-refractivity contribution in [1.82, 2.24) is 0 Å². The van der Waals surface area contributed by atoms with Crippen molar-refractivity contribution in [1.29, 1.82) is 0 Å². The third kappa shape index (κ3) is 3.50. The van der Waals surface area contributed by atoms with Gasteiger partial charge in [0.25, 0.3) is 0 Å². The van der Waals surface area contributed by atoms with Crippen LogP contribution < -0.4 is 0 Å². The van der Waals surface area contributed by atoms with Gasteiger partial charge in [-0.1, -0.05) is 64.5 Å². The minimum atomic E-state index is -0.0942. The van der Waals surface area contributed by atoms with Crippen molar-refractivity contribution in [2.75, 3.05) is 0 Å². The maximum absolute atomic E-state index is 6.44. The maximum atomic E-state index is 6.44. The van der Waals surface area contributed by atoms with Gasteiger partial charge in [0.15, 0.2) is 0 Å². The van der Waals surface area contributed by atoms with E-state index in [4.69, 9.17) is 23.2 Å². The Labute approximate surface area is 126 Å². The summed E-state index contributed by atoms with van der Waals surface area (Å²) >= 11 is 16.4. The van der Waals surface area contributed by atoms with Crippen LogP contribution in [0, 0.1) is 0 Å². The molecule has 94 valence electrons. The van der Waals surface area contributed by atoms with Gasteiger partial charge in [-0.05, 0) is 23.6 Å². The van der Waals surface area contributed by atoms with E-state index in [0.717, 1.165) is 15.6 Å². The Bertz CT molecular complexity index is 499. The Hall–Kier alpha value is -0.500. The molecule has 0 saturated heterocycles. The van der Waals surface area contributed by atoms with Crippen molar-refractivity contribution in [2.24, 2.45) is 0 Å². The van der Waals surface area contributed by atoms with E-state index in [9.17, 15) is 0 Å². The summed E-state index contributed by atoms with van der Waals surface area (Å²) in [6.45, 7) is 0. The van der Waals surface area contributed by atoms with E-state index in [-0.39, 0.29) is 10.8 Å². The third-order valence-corrected chi connectivity index (χ3v) is 4.38. The van der Waals surface area contributed by atoms with Crippen molar-refractivity contribution in [3.63, 3.8) is 0 Å². The highest BCUT2D eigenvalue weighted by Crippen LogP contribution is 2.37. The first-order chi connectivity index (χ1) is 8.68. The molecular formula is C15H13BrCl2. The largest absolute Gasteiger partial charge is 0.118 e. The van der Waals surface area contributed by atoms with Gasteiger partial charge in [0, 0.05) is 4.47 Å². The van der Waals surface area contributed by atoms with Gasteiger partial charge >= 0.3 is 0 Å². The summed E-state index contributed by atoms with van der Waals surface area (Å²) in [6.07, 6.45) is 0.704. The Morgan fingerprint density at radius 1 is 0.833 bits per heavy atom. The Morgan fingerprint density at radius 2 is 1.44 bits per heavy atom. The number of hydrogen-bond acceptors (Lipinski definition) is 0. The molecule has 0 aliphatic rings. The average molecular weight is 344 g/mol. The topological polar surface area (TPSA) is 0 Å². The standard InChI is InChI=1S/C15H13BrCl2/c16-13-9-5-4-8-12(13)15(18)10-14(17)11-6-2-1-3-7-11/h1-9,14-15H,10H2. The van der Waals surface area contributed by atoms with E-state index < -0.39 is 0 Å². The van der Waals surface area contributed by atoms with Gasteiger partial charge in [-0.15, -0.1) is 23.2 Å². The number of rotatable bonds is 4. The van der Waals surface area contributed by atoms with Gasteiger partial charge in [0.05, 0.1) is 10.8 Å². The van der Waals surface area contributed by atoms with Crippen molar-refractivity contribution in [2.45, 2.75) is 17.2 Å². The normalized spacial score (nSPS) is 14.2. The van der Waals surface area contributed by atoms with Crippen molar-refractivity contribution >= 4 is 39.1 Å². The predicted octanol–water partition coefficient (Wildman–Crippen LogP) is 6.10. The van der Waals surface area contributed by atoms with Crippen molar-refractivity contribution < 1.29 is 0 Å². The minimum Gasteiger partial charge on any atom is -0.118 e. The van der Waals surface area contributed by atoms with Crippen LogP contribution in [-0.2, 0) is 0 Å². The molecule has 0 fully saturated rings. The molecule has 0 spiro atoms. The molecule has 0 nitrogen and oxygen atoms in total. The Balaban J connectivity index is 2.08. The summed E-state index contributed by atoms with van der Waals surface area (Å²) in [4.78, 5) is 0. The van der Waals surface area contributed by atoms with Crippen LogP contribution in [0.4, 0.5) is 0 Å². The summed E-state index contributed by atoms with van der Waals surface area (Å²) in [5.74, 6) is 0. The van der Waals surface area contributed by atoms with E-state index in [0.29, 0.717) is 6.42 Å². The zero-order valence-electron chi connectivity index (χ0n) is 9.69. The molecule has 0 radical (unpaired) electrons. The minimum absolute atomic E-state index is 0.0687. The lowest BCUT2D eigenvalue weighted by atomic mass is 10.0. The van der Waals surface area contributed by atoms with Crippen molar-refractivity contribution in [3.05, 3.63) is 70.2 Å². The number of halogens is 3. The second-order valence-corrected chi connectivity index (χ2v) is 6.01. The number of alkyl halides is 2. The first-order valence-electron chi connectivity index (χ1n) is 5.76. The van der Waals surface area contributed by atoms with Gasteiger partial charge < -0.3 is 0 Å². The number of benzene rings is 2. The highest BCUT2D eigenvalue weighted by atomic mass is 79.9. The number of hydrogen-bond donors (Lipinski definition) is 0. The van der Waals surface area contributed by atoms with Crippen LogP contribution in [0.2, 0.25) is 0 Å².